The number of nitrogens with two attached hydrogens (primary N) is 1. The molecule has 1 aromatic carbocycles. The minimum absolute atomic E-state index is 0.0753. The summed E-state index contributed by atoms with van der Waals surface area (Å²) in [5, 5.41) is 10.7. The van der Waals surface area contributed by atoms with E-state index in [1.165, 1.54) is 32.1 Å². The van der Waals surface area contributed by atoms with Crippen molar-refractivity contribution >= 4 is 11.7 Å². The third-order valence-electron chi connectivity index (χ3n) is 6.18. The predicted octanol–water partition coefficient (Wildman–Crippen LogP) is 3.95. The molecule has 1 fully saturated rings. The van der Waals surface area contributed by atoms with Crippen LogP contribution in [0.1, 0.15) is 75.3 Å². The Hall–Kier alpha value is -2.04. The second kappa shape index (κ2) is 9.25. The number of fused-ring (bicyclic) bond motifs is 1. The molecule has 1 aliphatic heterocycles. The van der Waals surface area contributed by atoms with Gasteiger partial charge in [-0.15, -0.1) is 0 Å². The van der Waals surface area contributed by atoms with Crippen molar-refractivity contribution in [1.82, 2.24) is 5.32 Å². The largest absolute Gasteiger partial charge is 0.493 e. The number of hydrogen-bond donors (Lipinski definition) is 3. The van der Waals surface area contributed by atoms with Crippen molar-refractivity contribution in [2.24, 2.45) is 17.6 Å². The molecule has 0 aromatic heterocycles. The molecule has 4 N–H and O–H groups in total. The van der Waals surface area contributed by atoms with Crippen LogP contribution in [0.15, 0.2) is 18.2 Å². The highest BCUT2D eigenvalue weighted by molar-refractivity contribution is 5.95. The van der Waals surface area contributed by atoms with E-state index >= 15 is 0 Å². The number of rotatable bonds is 8. The maximum absolute atomic E-state index is 12.5. The van der Waals surface area contributed by atoms with Crippen LogP contribution in [0.25, 0.3) is 0 Å². The van der Waals surface area contributed by atoms with Gasteiger partial charge in [-0.05, 0) is 56.2 Å². The highest BCUT2D eigenvalue weighted by atomic mass is 16.5. The second-order valence-electron chi connectivity index (χ2n) is 8.11. The van der Waals surface area contributed by atoms with E-state index in [9.17, 15) is 4.79 Å². The van der Waals surface area contributed by atoms with Gasteiger partial charge in [-0.2, -0.15) is 0 Å². The van der Waals surface area contributed by atoms with E-state index in [0.717, 1.165) is 42.1 Å². The third kappa shape index (κ3) is 5.02. The first-order valence-electron chi connectivity index (χ1n) is 10.5. The van der Waals surface area contributed by atoms with Crippen LogP contribution in [0.2, 0.25) is 0 Å². The van der Waals surface area contributed by atoms with Crippen molar-refractivity contribution in [3.05, 3.63) is 29.3 Å². The van der Waals surface area contributed by atoms with Gasteiger partial charge in [0.25, 0.3) is 0 Å². The summed E-state index contributed by atoms with van der Waals surface area (Å²) >= 11 is 0. The number of amidine groups is 1. The first-order chi connectivity index (χ1) is 13.1. The van der Waals surface area contributed by atoms with E-state index in [4.69, 9.17) is 15.9 Å². The van der Waals surface area contributed by atoms with Gasteiger partial charge in [0.1, 0.15) is 11.6 Å². The van der Waals surface area contributed by atoms with Crippen molar-refractivity contribution in [2.45, 2.75) is 64.2 Å². The monoisotopic (exact) mass is 371 g/mol. The molecule has 148 valence electrons. The number of nitrogens with one attached hydrogen (secondary N) is 2. The van der Waals surface area contributed by atoms with Crippen molar-refractivity contribution < 1.29 is 9.53 Å². The average Bonchev–Trinajstić information content (AvgIpc) is 3.09. The zero-order chi connectivity index (χ0) is 19.2. The molecule has 1 saturated carbocycles. The molecular weight excluding hydrogens is 338 g/mol. The number of carbonyl (C=O) groups excluding carboxylic acids is 1. The molecule has 1 amide bonds. The van der Waals surface area contributed by atoms with Gasteiger partial charge in [0.05, 0.1) is 6.61 Å². The van der Waals surface area contributed by atoms with Crippen LogP contribution in [-0.2, 0) is 4.79 Å². The zero-order valence-corrected chi connectivity index (χ0v) is 16.4. The fourth-order valence-corrected chi connectivity index (χ4v) is 4.41. The van der Waals surface area contributed by atoms with Crippen molar-refractivity contribution in [1.29, 1.82) is 5.41 Å². The van der Waals surface area contributed by atoms with Crippen molar-refractivity contribution in [3.8, 4) is 5.75 Å². The number of amides is 1. The Morgan fingerprint density at radius 1 is 1.26 bits per heavy atom. The Kier molecular flexibility index (Phi) is 6.75. The standard InChI is InChI=1S/C22H33N3O2/c1-2-3-4-15-5-7-16(8-6-15)22(26)25-12-11-18-14-27-20-10-9-17(21(23)24)13-19(18)20/h9-10,13,15-16,18H,2-8,11-12,14H2,1H3,(H3,23,24)(H,25,26). The Labute approximate surface area is 162 Å². The molecule has 1 aliphatic carbocycles. The van der Waals surface area contributed by atoms with Gasteiger partial charge >= 0.3 is 0 Å². The molecule has 0 spiro atoms. The number of hydrogen-bond acceptors (Lipinski definition) is 3. The zero-order valence-electron chi connectivity index (χ0n) is 16.4. The fraction of sp³-hybridized carbons (Fsp3) is 0.636. The van der Waals surface area contributed by atoms with Crippen LogP contribution in [0.4, 0.5) is 0 Å². The maximum Gasteiger partial charge on any atom is 0.223 e. The van der Waals surface area contributed by atoms with Gasteiger partial charge in [-0.3, -0.25) is 10.2 Å². The number of unbranched alkanes of at least 4 members (excludes halogenated alkanes) is 1. The van der Waals surface area contributed by atoms with Crippen molar-refractivity contribution in [3.63, 3.8) is 0 Å². The molecule has 1 atom stereocenters. The lowest BCUT2D eigenvalue weighted by atomic mass is 9.79. The van der Waals surface area contributed by atoms with Crippen LogP contribution < -0.4 is 15.8 Å². The minimum Gasteiger partial charge on any atom is -0.493 e. The summed E-state index contributed by atoms with van der Waals surface area (Å²) in [6, 6.07) is 5.67. The molecular formula is C22H33N3O2. The molecule has 5 heteroatoms. The topological polar surface area (TPSA) is 88.2 Å². The summed E-state index contributed by atoms with van der Waals surface area (Å²) in [4.78, 5) is 12.5. The Morgan fingerprint density at radius 2 is 2.04 bits per heavy atom. The summed E-state index contributed by atoms with van der Waals surface area (Å²) in [6.07, 6.45) is 9.25. The van der Waals surface area contributed by atoms with Crippen LogP contribution in [0.3, 0.4) is 0 Å². The first kappa shape index (κ1) is 19.7. The maximum atomic E-state index is 12.5. The highest BCUT2D eigenvalue weighted by Crippen LogP contribution is 2.36. The molecule has 0 saturated heterocycles. The fourth-order valence-electron chi connectivity index (χ4n) is 4.41. The van der Waals surface area contributed by atoms with Crippen LogP contribution >= 0.6 is 0 Å². The van der Waals surface area contributed by atoms with Crippen LogP contribution in [0.5, 0.6) is 5.75 Å². The van der Waals surface area contributed by atoms with E-state index in [-0.39, 0.29) is 23.6 Å². The lowest BCUT2D eigenvalue weighted by Gasteiger charge is -2.27. The van der Waals surface area contributed by atoms with Gasteiger partial charge < -0.3 is 15.8 Å². The Bertz CT molecular complexity index is 666. The summed E-state index contributed by atoms with van der Waals surface area (Å²) in [5.74, 6) is 2.45. The lowest BCUT2D eigenvalue weighted by Crippen LogP contribution is -2.34. The molecule has 2 aliphatic rings. The van der Waals surface area contributed by atoms with Crippen LogP contribution in [-0.4, -0.2) is 24.9 Å². The summed E-state index contributed by atoms with van der Waals surface area (Å²) in [6.45, 7) is 3.55. The van der Waals surface area contributed by atoms with Gasteiger partial charge in [0, 0.05) is 29.5 Å². The molecule has 5 nitrogen and oxygen atoms in total. The third-order valence-corrected chi connectivity index (χ3v) is 6.18. The number of ether oxygens (including phenoxy) is 1. The highest BCUT2D eigenvalue weighted by Gasteiger charge is 2.27. The number of nitrogen functional groups attached to an aromatic ring is 1. The summed E-state index contributed by atoms with van der Waals surface area (Å²) in [7, 11) is 0. The molecule has 3 rings (SSSR count). The van der Waals surface area contributed by atoms with E-state index in [1.807, 2.05) is 18.2 Å². The van der Waals surface area contributed by atoms with Gasteiger partial charge in [-0.25, -0.2) is 0 Å². The first-order valence-corrected chi connectivity index (χ1v) is 10.5. The second-order valence-corrected chi connectivity index (χ2v) is 8.11. The minimum atomic E-state index is 0.0753. The molecule has 1 aromatic rings. The average molecular weight is 372 g/mol. The Balaban J connectivity index is 1.43. The SMILES string of the molecule is CCCCC1CCC(C(=O)NCCC2COc3ccc(C(=N)N)cc32)CC1. The number of carbonyl (C=O) groups is 1. The van der Waals surface area contributed by atoms with Crippen molar-refractivity contribution in [2.75, 3.05) is 13.2 Å². The van der Waals surface area contributed by atoms with Gasteiger partial charge in [-0.1, -0.05) is 26.2 Å². The molecule has 1 unspecified atom stereocenters. The van der Waals surface area contributed by atoms with Crippen LogP contribution in [0, 0.1) is 17.2 Å². The lowest BCUT2D eigenvalue weighted by molar-refractivity contribution is -0.126. The molecule has 1 heterocycles. The number of benzene rings is 1. The van der Waals surface area contributed by atoms with Gasteiger partial charge in [0.15, 0.2) is 0 Å². The molecule has 27 heavy (non-hydrogen) atoms. The molecule has 0 bridgehead atoms. The summed E-state index contributed by atoms with van der Waals surface area (Å²) in [5.41, 5.74) is 7.43. The molecule has 0 radical (unpaired) electrons. The Morgan fingerprint density at radius 3 is 2.74 bits per heavy atom. The van der Waals surface area contributed by atoms with Gasteiger partial charge in [0.2, 0.25) is 5.91 Å². The quantitative estimate of drug-likeness (QED) is 0.477. The summed E-state index contributed by atoms with van der Waals surface area (Å²) < 4.78 is 5.74. The smallest absolute Gasteiger partial charge is 0.223 e. The normalized spacial score (nSPS) is 24.1. The van der Waals surface area contributed by atoms with E-state index in [0.29, 0.717) is 13.2 Å². The predicted molar refractivity (Wildman–Crippen MR) is 108 cm³/mol. The van der Waals surface area contributed by atoms with E-state index < -0.39 is 0 Å². The van der Waals surface area contributed by atoms with E-state index in [1.54, 1.807) is 0 Å². The van der Waals surface area contributed by atoms with E-state index in [2.05, 4.69) is 12.2 Å².